The number of nitrogens with zero attached hydrogens (tertiary/aromatic N) is 4. The second-order valence-electron chi connectivity index (χ2n) is 4.46. The van der Waals surface area contributed by atoms with Crippen molar-refractivity contribution in [2.75, 3.05) is 12.3 Å². The fraction of sp³-hybridized carbons (Fsp3) is 0.500. The van der Waals surface area contributed by atoms with Gasteiger partial charge in [0.25, 0.3) is 0 Å². The minimum atomic E-state index is -1.12. The van der Waals surface area contributed by atoms with Gasteiger partial charge in [0, 0.05) is 9.47 Å². The van der Waals surface area contributed by atoms with Crippen LogP contribution in [0.3, 0.4) is 0 Å². The van der Waals surface area contributed by atoms with Crippen LogP contribution in [-0.2, 0) is 9.26 Å². The summed E-state index contributed by atoms with van der Waals surface area (Å²) in [5, 5.41) is 20.0. The number of nitrogens with two attached hydrogens (primary N) is 1. The van der Waals surface area contributed by atoms with Gasteiger partial charge in [0.1, 0.15) is 30.2 Å². The van der Waals surface area contributed by atoms with Crippen LogP contribution in [0.2, 0.25) is 0 Å². The molecule has 0 amide bonds. The van der Waals surface area contributed by atoms with Gasteiger partial charge in [-0.1, -0.05) is 0 Å². The quantitative estimate of drug-likeness (QED) is 0.605. The molecule has 5 atom stereocenters. The van der Waals surface area contributed by atoms with E-state index in [1.54, 1.807) is 0 Å². The molecule has 1 aliphatic heterocycles. The summed E-state index contributed by atoms with van der Waals surface area (Å²) in [5.41, 5.74) is 6.55. The summed E-state index contributed by atoms with van der Waals surface area (Å²) >= 11 is 0. The number of hydrogen-bond donors (Lipinski definition) is 3. The van der Waals surface area contributed by atoms with Crippen LogP contribution in [0.5, 0.6) is 0 Å². The predicted molar refractivity (Wildman–Crippen MR) is 71.3 cm³/mol. The van der Waals surface area contributed by atoms with Crippen LogP contribution in [0.25, 0.3) is 11.2 Å². The Labute approximate surface area is 116 Å². The molecule has 1 fully saturated rings. The fourth-order valence-electron chi connectivity index (χ4n) is 2.25. The molecule has 0 bridgehead atoms. The molecule has 0 spiro atoms. The van der Waals surface area contributed by atoms with Crippen molar-refractivity contribution < 1.29 is 19.5 Å². The maximum Gasteiger partial charge on any atom is 0.167 e. The van der Waals surface area contributed by atoms with Crippen LogP contribution in [0, 0.1) is 0 Å². The van der Waals surface area contributed by atoms with E-state index in [0.29, 0.717) is 11.2 Å². The number of imidazole rings is 1. The summed E-state index contributed by atoms with van der Waals surface area (Å²) in [6.07, 6.45) is -0.874. The summed E-state index contributed by atoms with van der Waals surface area (Å²) in [5.74, 6) is 0.242. The van der Waals surface area contributed by atoms with Crippen molar-refractivity contribution in [3.05, 3.63) is 12.7 Å². The normalized spacial score (nSPS) is 30.1. The minimum Gasteiger partial charge on any atom is -0.387 e. The Morgan fingerprint density at radius 3 is 2.90 bits per heavy atom. The number of anilines is 1. The van der Waals surface area contributed by atoms with Crippen molar-refractivity contribution in [1.82, 2.24) is 19.5 Å². The molecule has 3 heterocycles. The molecule has 1 aliphatic rings. The van der Waals surface area contributed by atoms with Crippen LogP contribution in [0.15, 0.2) is 12.7 Å². The lowest BCUT2D eigenvalue weighted by molar-refractivity contribution is -0.0455. The minimum absolute atomic E-state index is 0.142. The highest BCUT2D eigenvalue weighted by atomic mass is 31.0. The Bertz CT molecular complexity index is 623. The van der Waals surface area contributed by atoms with Crippen LogP contribution >= 0.6 is 9.47 Å². The van der Waals surface area contributed by atoms with Gasteiger partial charge in [0.05, 0.1) is 12.9 Å². The monoisotopic (exact) mass is 299 g/mol. The second-order valence-corrected chi connectivity index (χ2v) is 4.80. The Morgan fingerprint density at radius 2 is 2.15 bits per heavy atom. The van der Waals surface area contributed by atoms with Crippen LogP contribution < -0.4 is 5.73 Å². The average Bonchev–Trinajstić information content (AvgIpc) is 2.97. The highest BCUT2D eigenvalue weighted by molar-refractivity contribution is 7.09. The first-order valence-corrected chi connectivity index (χ1v) is 6.37. The highest BCUT2D eigenvalue weighted by Crippen LogP contribution is 2.32. The topological polar surface area (TPSA) is 129 Å². The summed E-state index contributed by atoms with van der Waals surface area (Å²) in [6, 6.07) is 0. The predicted octanol–water partition coefficient (Wildman–Crippen LogP) is -1.17. The van der Waals surface area contributed by atoms with Crippen LogP contribution in [-0.4, -0.2) is 54.7 Å². The third-order valence-corrected chi connectivity index (χ3v) is 3.45. The largest absolute Gasteiger partial charge is 0.387 e. The first kappa shape index (κ1) is 13.6. The molecule has 3 rings (SSSR count). The first-order valence-electron chi connectivity index (χ1n) is 5.89. The Morgan fingerprint density at radius 1 is 1.35 bits per heavy atom. The van der Waals surface area contributed by atoms with Gasteiger partial charge in [-0.3, -0.25) is 4.57 Å². The Hall–Kier alpha value is -1.38. The van der Waals surface area contributed by atoms with Crippen molar-refractivity contribution in [1.29, 1.82) is 0 Å². The van der Waals surface area contributed by atoms with Gasteiger partial charge in [-0.05, 0) is 0 Å². The number of fused-ring (bicyclic) bond motifs is 1. The van der Waals surface area contributed by atoms with Gasteiger partial charge in [-0.25, -0.2) is 15.0 Å². The number of rotatable bonds is 3. The van der Waals surface area contributed by atoms with Gasteiger partial charge < -0.3 is 25.2 Å². The maximum absolute atomic E-state index is 10.1. The average molecular weight is 299 g/mol. The van der Waals surface area contributed by atoms with E-state index in [2.05, 4.69) is 24.4 Å². The third kappa shape index (κ3) is 2.04. The van der Waals surface area contributed by atoms with Crippen LogP contribution in [0.4, 0.5) is 5.82 Å². The second kappa shape index (κ2) is 5.19. The van der Waals surface area contributed by atoms with E-state index in [9.17, 15) is 10.2 Å². The van der Waals surface area contributed by atoms with E-state index in [0.717, 1.165) is 0 Å². The number of aliphatic hydroxyl groups excluding tert-OH is 2. The summed E-state index contributed by atoms with van der Waals surface area (Å²) in [4.78, 5) is 12.0. The summed E-state index contributed by atoms with van der Waals surface area (Å²) in [7, 11) is 2.07. The number of aromatic nitrogens is 4. The molecule has 0 aliphatic carbocycles. The maximum atomic E-state index is 10.1. The van der Waals surface area contributed by atoms with Gasteiger partial charge in [-0.2, -0.15) is 0 Å². The smallest absolute Gasteiger partial charge is 0.167 e. The molecule has 9 nitrogen and oxygen atoms in total. The summed E-state index contributed by atoms with van der Waals surface area (Å²) < 4.78 is 12.0. The lowest BCUT2D eigenvalue weighted by Gasteiger charge is -2.16. The van der Waals surface area contributed by atoms with E-state index in [-0.39, 0.29) is 12.4 Å². The van der Waals surface area contributed by atoms with Crippen LogP contribution in [0.1, 0.15) is 6.23 Å². The molecule has 1 saturated heterocycles. The molecule has 1 unspecified atom stereocenters. The molecule has 10 heteroatoms. The van der Waals surface area contributed by atoms with E-state index in [1.165, 1.54) is 17.2 Å². The number of ether oxygens (including phenoxy) is 1. The van der Waals surface area contributed by atoms with Crippen molar-refractivity contribution in [3.63, 3.8) is 0 Å². The lowest BCUT2D eigenvalue weighted by Crippen LogP contribution is -2.33. The number of hydrogen-bond acceptors (Lipinski definition) is 8. The molecule has 0 aromatic carbocycles. The number of aliphatic hydroxyl groups is 2. The zero-order valence-corrected chi connectivity index (χ0v) is 11.5. The van der Waals surface area contributed by atoms with Gasteiger partial charge >= 0.3 is 0 Å². The van der Waals surface area contributed by atoms with Crippen molar-refractivity contribution in [2.45, 2.75) is 24.5 Å². The van der Waals surface area contributed by atoms with E-state index in [1.807, 2.05) is 0 Å². The molecular formula is C10H14N5O4P. The third-order valence-electron chi connectivity index (χ3n) is 3.26. The van der Waals surface area contributed by atoms with Crippen molar-refractivity contribution in [3.8, 4) is 0 Å². The Kier molecular flexibility index (Phi) is 3.53. The van der Waals surface area contributed by atoms with Crippen molar-refractivity contribution >= 4 is 26.4 Å². The van der Waals surface area contributed by atoms with Gasteiger partial charge in [0.2, 0.25) is 0 Å². The molecule has 0 radical (unpaired) electrons. The number of nitrogen functional groups attached to an aromatic ring is 1. The molecule has 2 aromatic rings. The van der Waals surface area contributed by atoms with E-state index in [4.69, 9.17) is 15.0 Å². The molecule has 20 heavy (non-hydrogen) atoms. The molecule has 108 valence electrons. The standard InChI is InChI=1S/C10H14N5O4P/c11-8-5-9(13-2-12-8)15(3-14-5)10-7(17)6(16)4(19-10)1-18-20/h2-4,6-7,10,16-17H,1,20H2,(H2,11,12,13)/t4-,6-,7-,10-/m1/s1. The zero-order chi connectivity index (χ0) is 14.3. The van der Waals surface area contributed by atoms with Gasteiger partial charge in [-0.15, -0.1) is 0 Å². The first-order chi connectivity index (χ1) is 9.63. The lowest BCUT2D eigenvalue weighted by atomic mass is 10.1. The molecule has 2 aromatic heterocycles. The van der Waals surface area contributed by atoms with E-state index >= 15 is 0 Å². The van der Waals surface area contributed by atoms with E-state index < -0.39 is 24.5 Å². The summed E-state index contributed by atoms with van der Waals surface area (Å²) in [6.45, 7) is 0.142. The zero-order valence-electron chi connectivity index (χ0n) is 10.3. The Balaban J connectivity index is 1.97. The molecule has 0 saturated carbocycles. The fourth-order valence-corrected chi connectivity index (χ4v) is 2.44. The van der Waals surface area contributed by atoms with Gasteiger partial charge in [0.15, 0.2) is 17.7 Å². The SMILES string of the molecule is Nc1ncnc2c1ncn2[C@@H]1O[C@H](COP)[C@@H](O)[C@H]1O. The molecular weight excluding hydrogens is 285 g/mol. The highest BCUT2D eigenvalue weighted by Gasteiger charge is 2.44. The molecule has 4 N–H and O–H groups in total. The van der Waals surface area contributed by atoms with Crippen molar-refractivity contribution in [2.24, 2.45) is 0 Å².